The number of rotatable bonds is 7. The maximum Gasteiger partial charge on any atom is 0.337 e. The van der Waals surface area contributed by atoms with Crippen LogP contribution in [0.15, 0.2) is 54.7 Å². The van der Waals surface area contributed by atoms with Crippen molar-refractivity contribution < 1.29 is 23.9 Å². The van der Waals surface area contributed by atoms with Crippen molar-refractivity contribution in [2.75, 3.05) is 19.5 Å². The summed E-state index contributed by atoms with van der Waals surface area (Å²) in [6.07, 6.45) is 1.53. The Morgan fingerprint density at radius 1 is 1.03 bits per heavy atom. The number of hydrogen-bond donors (Lipinski definition) is 2. The molecule has 2 N–H and O–H groups in total. The van der Waals surface area contributed by atoms with E-state index in [1.165, 1.54) is 31.2 Å². The first-order valence-electron chi connectivity index (χ1n) is 9.35. The topological polar surface area (TPSA) is 112 Å². The molecule has 3 aromatic rings. The molecule has 0 aliphatic rings. The zero-order valence-corrected chi connectivity index (χ0v) is 17.3. The molecule has 31 heavy (non-hydrogen) atoms. The lowest BCUT2D eigenvalue weighted by Gasteiger charge is -2.12. The molecule has 0 fully saturated rings. The van der Waals surface area contributed by atoms with E-state index >= 15 is 0 Å². The minimum Gasteiger partial charge on any atom is -0.496 e. The molecule has 1 heterocycles. The fourth-order valence-corrected chi connectivity index (χ4v) is 3.00. The smallest absolute Gasteiger partial charge is 0.337 e. The summed E-state index contributed by atoms with van der Waals surface area (Å²) in [6.45, 7) is 0.131. The van der Waals surface area contributed by atoms with Crippen molar-refractivity contribution in [3.8, 4) is 5.75 Å². The molecule has 0 bridgehead atoms. The highest BCUT2D eigenvalue weighted by atomic mass is 16.5. The largest absolute Gasteiger partial charge is 0.496 e. The number of nitrogens with zero attached hydrogens (tertiary/aromatic N) is 2. The van der Waals surface area contributed by atoms with Crippen LogP contribution >= 0.6 is 0 Å². The van der Waals surface area contributed by atoms with Gasteiger partial charge in [0.1, 0.15) is 11.4 Å². The van der Waals surface area contributed by atoms with Crippen LogP contribution in [0.3, 0.4) is 0 Å². The monoisotopic (exact) mass is 422 g/mol. The van der Waals surface area contributed by atoms with Gasteiger partial charge in [-0.05, 0) is 42.0 Å². The summed E-state index contributed by atoms with van der Waals surface area (Å²) in [5.41, 5.74) is 1.97. The van der Waals surface area contributed by atoms with Crippen LogP contribution in [0.25, 0.3) is 0 Å². The first-order chi connectivity index (χ1) is 14.9. The van der Waals surface area contributed by atoms with Crippen molar-refractivity contribution in [2.24, 2.45) is 7.05 Å². The molecule has 9 heteroatoms. The van der Waals surface area contributed by atoms with E-state index in [0.717, 1.165) is 0 Å². The Hall–Kier alpha value is -4.14. The summed E-state index contributed by atoms with van der Waals surface area (Å²) in [6, 6.07) is 13.2. The Kier molecular flexibility index (Phi) is 6.66. The van der Waals surface area contributed by atoms with E-state index in [4.69, 9.17) is 9.47 Å². The quantitative estimate of drug-likeness (QED) is 0.566. The third-order valence-electron chi connectivity index (χ3n) is 4.53. The van der Waals surface area contributed by atoms with E-state index in [0.29, 0.717) is 28.3 Å². The number of aromatic nitrogens is 2. The number of benzene rings is 2. The Labute approximate surface area is 179 Å². The lowest BCUT2D eigenvalue weighted by molar-refractivity contribution is 0.0600. The number of ether oxygens (including phenoxy) is 2. The van der Waals surface area contributed by atoms with Gasteiger partial charge in [-0.3, -0.25) is 14.3 Å². The fourth-order valence-electron chi connectivity index (χ4n) is 3.00. The molecule has 3 rings (SSSR count). The third-order valence-corrected chi connectivity index (χ3v) is 4.53. The first-order valence-corrected chi connectivity index (χ1v) is 9.35. The number of nitrogens with one attached hydrogen (secondary N) is 2. The SMILES string of the molecule is COC(=O)c1cc(CNC(=O)c2ccnn2C)cc(NC(=O)c2ccccc2OC)c1. The van der Waals surface area contributed by atoms with Gasteiger partial charge in [-0.25, -0.2) is 4.79 Å². The molecule has 0 atom stereocenters. The zero-order chi connectivity index (χ0) is 22.4. The second kappa shape index (κ2) is 9.57. The van der Waals surface area contributed by atoms with Crippen molar-refractivity contribution in [1.29, 1.82) is 0 Å². The summed E-state index contributed by atoms with van der Waals surface area (Å²) in [7, 11) is 4.41. The van der Waals surface area contributed by atoms with Crippen LogP contribution in [0.4, 0.5) is 5.69 Å². The minimum absolute atomic E-state index is 0.131. The molecule has 0 aliphatic carbocycles. The molecule has 0 radical (unpaired) electrons. The number of carbonyl (C=O) groups excluding carboxylic acids is 3. The minimum atomic E-state index is -0.562. The maximum atomic E-state index is 12.7. The molecule has 9 nitrogen and oxygen atoms in total. The standard InChI is InChI=1S/C22H22N4O5/c1-26-18(8-9-24-26)21(28)23-13-14-10-15(22(29)31-3)12-16(11-14)25-20(27)17-6-4-5-7-19(17)30-2/h4-12H,13H2,1-3H3,(H,23,28)(H,25,27). The molecule has 0 saturated carbocycles. The van der Waals surface area contributed by atoms with Gasteiger partial charge in [0.2, 0.25) is 0 Å². The summed E-state index contributed by atoms with van der Waals surface area (Å²) in [4.78, 5) is 37.2. The number of aryl methyl sites for hydroxylation is 1. The highest BCUT2D eigenvalue weighted by Gasteiger charge is 2.15. The van der Waals surface area contributed by atoms with Crippen LogP contribution in [0.2, 0.25) is 0 Å². The van der Waals surface area contributed by atoms with Crippen LogP contribution < -0.4 is 15.4 Å². The number of carbonyl (C=O) groups is 3. The second-order valence-electron chi connectivity index (χ2n) is 6.59. The number of amides is 2. The Morgan fingerprint density at radius 2 is 1.81 bits per heavy atom. The molecular weight excluding hydrogens is 400 g/mol. The van der Waals surface area contributed by atoms with Gasteiger partial charge < -0.3 is 20.1 Å². The number of methoxy groups -OCH3 is 2. The van der Waals surface area contributed by atoms with E-state index < -0.39 is 11.9 Å². The lowest BCUT2D eigenvalue weighted by Crippen LogP contribution is -2.25. The predicted octanol–water partition coefficient (Wildman–Crippen LogP) is 2.40. The Bertz CT molecular complexity index is 1120. The number of anilines is 1. The van der Waals surface area contributed by atoms with Crippen LogP contribution in [0.5, 0.6) is 5.75 Å². The molecule has 1 aromatic heterocycles. The van der Waals surface area contributed by atoms with Gasteiger partial charge >= 0.3 is 5.97 Å². The van der Waals surface area contributed by atoms with Crippen molar-refractivity contribution in [3.05, 3.63) is 77.1 Å². The average molecular weight is 422 g/mol. The van der Waals surface area contributed by atoms with Gasteiger partial charge in [-0.15, -0.1) is 0 Å². The molecule has 2 amide bonds. The second-order valence-corrected chi connectivity index (χ2v) is 6.59. The molecule has 0 aliphatic heterocycles. The Balaban J connectivity index is 1.83. The van der Waals surface area contributed by atoms with Crippen LogP contribution in [0.1, 0.15) is 36.8 Å². The summed E-state index contributed by atoms with van der Waals surface area (Å²) >= 11 is 0. The summed E-state index contributed by atoms with van der Waals surface area (Å²) < 4.78 is 11.5. The van der Waals surface area contributed by atoms with Gasteiger partial charge in [0.15, 0.2) is 0 Å². The third kappa shape index (κ3) is 5.08. The van der Waals surface area contributed by atoms with Crippen molar-refractivity contribution in [1.82, 2.24) is 15.1 Å². The van der Waals surface area contributed by atoms with Crippen LogP contribution in [-0.4, -0.2) is 41.8 Å². The Morgan fingerprint density at radius 3 is 2.48 bits per heavy atom. The van der Waals surface area contributed by atoms with E-state index in [1.807, 2.05) is 0 Å². The highest BCUT2D eigenvalue weighted by molar-refractivity contribution is 6.06. The van der Waals surface area contributed by atoms with Gasteiger partial charge in [-0.2, -0.15) is 5.10 Å². The molecule has 0 unspecified atom stereocenters. The van der Waals surface area contributed by atoms with E-state index in [-0.39, 0.29) is 18.0 Å². The van der Waals surface area contributed by atoms with Crippen molar-refractivity contribution >= 4 is 23.5 Å². The van der Waals surface area contributed by atoms with Crippen LogP contribution in [-0.2, 0) is 18.3 Å². The highest BCUT2D eigenvalue weighted by Crippen LogP contribution is 2.21. The lowest BCUT2D eigenvalue weighted by atomic mass is 10.1. The molecule has 2 aromatic carbocycles. The number of hydrogen-bond acceptors (Lipinski definition) is 6. The molecule has 0 saturated heterocycles. The van der Waals surface area contributed by atoms with Crippen molar-refractivity contribution in [2.45, 2.75) is 6.54 Å². The van der Waals surface area contributed by atoms with Crippen LogP contribution in [0, 0.1) is 0 Å². The molecule has 0 spiro atoms. The number of esters is 1. The van der Waals surface area contributed by atoms with Gasteiger partial charge in [0.05, 0.1) is 25.3 Å². The van der Waals surface area contributed by atoms with Crippen molar-refractivity contribution in [3.63, 3.8) is 0 Å². The predicted molar refractivity (Wildman–Crippen MR) is 113 cm³/mol. The van der Waals surface area contributed by atoms with Gasteiger partial charge in [0.25, 0.3) is 11.8 Å². The molecular formula is C22H22N4O5. The average Bonchev–Trinajstić information content (AvgIpc) is 3.22. The summed E-state index contributed by atoms with van der Waals surface area (Å²) in [5, 5.41) is 9.50. The van der Waals surface area contributed by atoms with E-state index in [1.54, 1.807) is 49.5 Å². The molecule has 160 valence electrons. The van der Waals surface area contributed by atoms with E-state index in [2.05, 4.69) is 15.7 Å². The number of para-hydroxylation sites is 1. The zero-order valence-electron chi connectivity index (χ0n) is 17.3. The maximum absolute atomic E-state index is 12.7. The normalized spacial score (nSPS) is 10.3. The fraction of sp³-hybridized carbons (Fsp3) is 0.182. The summed E-state index contributed by atoms with van der Waals surface area (Å²) in [5.74, 6) is -0.854. The van der Waals surface area contributed by atoms with Gasteiger partial charge in [0, 0.05) is 25.5 Å². The first kappa shape index (κ1) is 21.6. The van der Waals surface area contributed by atoms with E-state index in [9.17, 15) is 14.4 Å². The van der Waals surface area contributed by atoms with Gasteiger partial charge in [-0.1, -0.05) is 12.1 Å².